The maximum atomic E-state index is 10.6. The number of aliphatic carboxylic acids is 1. The molecule has 1 aliphatic carbocycles. The summed E-state index contributed by atoms with van der Waals surface area (Å²) >= 11 is 5.64. The average molecular weight is 206 g/mol. The van der Waals surface area contributed by atoms with Crippen LogP contribution in [0.25, 0.3) is 0 Å². The van der Waals surface area contributed by atoms with E-state index in [1.807, 2.05) is 0 Å². The highest BCUT2D eigenvalue weighted by atomic mass is 35.5. The molecule has 4 nitrogen and oxygen atoms in total. The van der Waals surface area contributed by atoms with Crippen molar-refractivity contribution >= 4 is 17.6 Å². The summed E-state index contributed by atoms with van der Waals surface area (Å²) in [7, 11) is 0. The maximum Gasteiger partial charge on any atom is 0.306 e. The van der Waals surface area contributed by atoms with Crippen molar-refractivity contribution < 1.29 is 9.90 Å². The number of carboxylic acid groups (broad SMARTS) is 1. The van der Waals surface area contributed by atoms with Crippen molar-refractivity contribution in [2.75, 3.05) is 0 Å². The number of hydrogen-bond acceptors (Lipinski definition) is 3. The van der Waals surface area contributed by atoms with Gasteiger partial charge in [-0.2, -0.15) is 0 Å². The quantitative estimate of drug-likeness (QED) is 0.436. The Morgan fingerprint density at radius 3 is 2.31 bits per heavy atom. The fraction of sp³-hybridized carbons (Fsp3) is 0.875. The standard InChI is InChI=1S/C8H12ClNO3/c9-7(10-13)5-1-3-6(4-2-5)8(11)12/h5-7H,1-4H2,(H,11,12). The van der Waals surface area contributed by atoms with E-state index in [0.717, 1.165) is 0 Å². The lowest BCUT2D eigenvalue weighted by Crippen LogP contribution is -2.25. The second kappa shape index (κ2) is 4.56. The molecule has 0 spiro atoms. The Morgan fingerprint density at radius 2 is 1.92 bits per heavy atom. The average Bonchev–Trinajstić information content (AvgIpc) is 2.17. The molecule has 1 N–H and O–H groups in total. The van der Waals surface area contributed by atoms with Crippen molar-refractivity contribution in [3.05, 3.63) is 4.91 Å². The van der Waals surface area contributed by atoms with Gasteiger partial charge in [-0.1, -0.05) is 11.6 Å². The summed E-state index contributed by atoms with van der Waals surface area (Å²) in [5.74, 6) is -0.940. The summed E-state index contributed by atoms with van der Waals surface area (Å²) in [5.41, 5.74) is -0.685. The van der Waals surface area contributed by atoms with Crippen LogP contribution in [0.1, 0.15) is 25.7 Å². The summed E-state index contributed by atoms with van der Waals surface area (Å²) < 4.78 is 0. The van der Waals surface area contributed by atoms with Crippen molar-refractivity contribution in [2.45, 2.75) is 31.2 Å². The molecule has 1 unspecified atom stereocenters. The minimum absolute atomic E-state index is 0.0646. The third kappa shape index (κ3) is 2.66. The van der Waals surface area contributed by atoms with Crippen LogP contribution in [0.15, 0.2) is 5.18 Å². The van der Waals surface area contributed by atoms with Gasteiger partial charge in [0.25, 0.3) is 0 Å². The Balaban J connectivity index is 2.38. The number of nitrogens with zero attached hydrogens (tertiary/aromatic N) is 1. The zero-order chi connectivity index (χ0) is 9.84. The summed E-state index contributed by atoms with van der Waals surface area (Å²) in [6.45, 7) is 0. The Hall–Kier alpha value is -0.640. The van der Waals surface area contributed by atoms with Gasteiger partial charge >= 0.3 is 5.97 Å². The van der Waals surface area contributed by atoms with Crippen LogP contribution in [0.4, 0.5) is 0 Å². The van der Waals surface area contributed by atoms with Crippen LogP contribution in [0.3, 0.4) is 0 Å². The van der Waals surface area contributed by atoms with E-state index in [-0.39, 0.29) is 11.8 Å². The Kier molecular flexibility index (Phi) is 3.66. The number of hydrogen-bond donors (Lipinski definition) is 1. The molecule has 0 aromatic rings. The fourth-order valence-electron chi connectivity index (χ4n) is 1.73. The molecule has 13 heavy (non-hydrogen) atoms. The molecule has 1 rings (SSSR count). The third-order valence-electron chi connectivity index (χ3n) is 2.61. The van der Waals surface area contributed by atoms with Gasteiger partial charge in [0.1, 0.15) is 0 Å². The molecule has 0 radical (unpaired) electrons. The molecule has 0 aromatic heterocycles. The number of halogens is 1. The van der Waals surface area contributed by atoms with Crippen molar-refractivity contribution in [1.82, 2.24) is 0 Å². The molecule has 0 heterocycles. The Bertz CT molecular complexity index is 202. The van der Waals surface area contributed by atoms with Gasteiger partial charge in [-0.05, 0) is 36.8 Å². The van der Waals surface area contributed by atoms with Gasteiger partial charge in [0.05, 0.1) is 5.92 Å². The van der Waals surface area contributed by atoms with Crippen molar-refractivity contribution in [2.24, 2.45) is 17.0 Å². The number of carbonyl (C=O) groups is 1. The first-order chi connectivity index (χ1) is 6.15. The summed E-state index contributed by atoms with van der Waals surface area (Å²) in [5, 5.41) is 11.5. The fourth-order valence-corrected chi connectivity index (χ4v) is 1.98. The predicted molar refractivity (Wildman–Crippen MR) is 48.5 cm³/mol. The van der Waals surface area contributed by atoms with E-state index >= 15 is 0 Å². The topological polar surface area (TPSA) is 66.7 Å². The van der Waals surface area contributed by atoms with Gasteiger partial charge in [0, 0.05) is 0 Å². The molecule has 1 fully saturated rings. The van der Waals surface area contributed by atoms with Gasteiger partial charge in [0.2, 0.25) is 0 Å². The lowest BCUT2D eigenvalue weighted by Gasteiger charge is -2.26. The smallest absolute Gasteiger partial charge is 0.306 e. The third-order valence-corrected chi connectivity index (χ3v) is 3.05. The van der Waals surface area contributed by atoms with Crippen LogP contribution in [0, 0.1) is 16.7 Å². The number of nitroso groups, excluding NO2 is 1. The SMILES string of the molecule is O=NC(Cl)C1CCC(C(=O)O)CC1. The van der Waals surface area contributed by atoms with Crippen LogP contribution in [-0.2, 0) is 4.79 Å². The van der Waals surface area contributed by atoms with E-state index < -0.39 is 11.5 Å². The Morgan fingerprint density at radius 1 is 1.38 bits per heavy atom. The highest BCUT2D eigenvalue weighted by molar-refractivity contribution is 6.20. The van der Waals surface area contributed by atoms with Gasteiger partial charge in [0.15, 0.2) is 5.50 Å². The van der Waals surface area contributed by atoms with E-state index in [2.05, 4.69) is 5.18 Å². The molecule has 0 aliphatic heterocycles. The second-order valence-corrected chi connectivity index (χ2v) is 3.88. The van der Waals surface area contributed by atoms with E-state index in [1.165, 1.54) is 0 Å². The predicted octanol–water partition coefficient (Wildman–Crippen LogP) is 2.21. The first kappa shape index (κ1) is 10.4. The van der Waals surface area contributed by atoms with E-state index in [9.17, 15) is 9.70 Å². The van der Waals surface area contributed by atoms with Crippen LogP contribution in [-0.4, -0.2) is 16.6 Å². The van der Waals surface area contributed by atoms with E-state index in [0.29, 0.717) is 25.7 Å². The monoisotopic (exact) mass is 205 g/mol. The maximum absolute atomic E-state index is 10.6. The lowest BCUT2D eigenvalue weighted by atomic mass is 9.82. The first-order valence-corrected chi connectivity index (χ1v) is 4.78. The zero-order valence-electron chi connectivity index (χ0n) is 7.15. The van der Waals surface area contributed by atoms with Gasteiger partial charge in [-0.25, -0.2) is 0 Å². The largest absolute Gasteiger partial charge is 0.481 e. The normalized spacial score (nSPS) is 30.8. The first-order valence-electron chi connectivity index (χ1n) is 4.34. The van der Waals surface area contributed by atoms with Crippen LogP contribution in [0.5, 0.6) is 0 Å². The van der Waals surface area contributed by atoms with Crippen LogP contribution in [0.2, 0.25) is 0 Å². The molecule has 1 saturated carbocycles. The number of alkyl halides is 1. The van der Waals surface area contributed by atoms with Crippen molar-refractivity contribution in [1.29, 1.82) is 0 Å². The van der Waals surface area contributed by atoms with Crippen LogP contribution >= 0.6 is 11.6 Å². The van der Waals surface area contributed by atoms with Gasteiger partial charge in [-0.15, -0.1) is 4.91 Å². The molecular weight excluding hydrogens is 194 g/mol. The van der Waals surface area contributed by atoms with Gasteiger partial charge in [-0.3, -0.25) is 4.79 Å². The van der Waals surface area contributed by atoms with Gasteiger partial charge < -0.3 is 5.11 Å². The minimum atomic E-state index is -0.747. The second-order valence-electron chi connectivity index (χ2n) is 3.43. The molecule has 5 heteroatoms. The van der Waals surface area contributed by atoms with E-state index in [4.69, 9.17) is 16.7 Å². The Labute approximate surface area is 81.2 Å². The highest BCUT2D eigenvalue weighted by Gasteiger charge is 2.30. The molecule has 0 amide bonds. The highest BCUT2D eigenvalue weighted by Crippen LogP contribution is 2.33. The minimum Gasteiger partial charge on any atom is -0.481 e. The molecule has 0 aromatic carbocycles. The summed E-state index contributed by atoms with van der Waals surface area (Å²) in [6, 6.07) is 0. The lowest BCUT2D eigenvalue weighted by molar-refractivity contribution is -0.143. The number of carboxylic acids is 1. The van der Waals surface area contributed by atoms with E-state index in [1.54, 1.807) is 0 Å². The molecule has 0 bridgehead atoms. The molecule has 1 aliphatic rings. The van der Waals surface area contributed by atoms with Crippen molar-refractivity contribution in [3.63, 3.8) is 0 Å². The zero-order valence-corrected chi connectivity index (χ0v) is 7.91. The summed E-state index contributed by atoms with van der Waals surface area (Å²) in [4.78, 5) is 20.7. The summed E-state index contributed by atoms with van der Waals surface area (Å²) in [6.07, 6.45) is 2.60. The molecular formula is C8H12ClNO3. The molecule has 0 saturated heterocycles. The molecule has 1 atom stereocenters. The van der Waals surface area contributed by atoms with Crippen LogP contribution < -0.4 is 0 Å². The molecule has 74 valence electrons. The number of rotatable bonds is 3. The van der Waals surface area contributed by atoms with Crippen molar-refractivity contribution in [3.8, 4) is 0 Å².